The molecule has 0 unspecified atom stereocenters. The summed E-state index contributed by atoms with van der Waals surface area (Å²) < 4.78 is 51.3. The SMILES string of the molecule is CCCOc1ccc(-c2nc(S(=O)(=O)c3ccc4c(c3)OCCO4)c(N3CCN(Cc4ccccc4)CC3)o2)cc1. The second kappa shape index (κ2) is 11.8. The third-order valence-corrected chi connectivity index (χ3v) is 8.79. The maximum absolute atomic E-state index is 14.0. The number of fused-ring (bicyclic) bond motifs is 1. The van der Waals surface area contributed by atoms with E-state index >= 15 is 0 Å². The Morgan fingerprint density at radius 2 is 1.61 bits per heavy atom. The van der Waals surface area contributed by atoms with Gasteiger partial charge in [0.25, 0.3) is 0 Å². The van der Waals surface area contributed by atoms with Crippen LogP contribution in [-0.4, -0.2) is 64.3 Å². The molecule has 10 heteroatoms. The zero-order chi connectivity index (χ0) is 28.2. The maximum atomic E-state index is 14.0. The van der Waals surface area contributed by atoms with E-state index in [1.54, 1.807) is 6.07 Å². The summed E-state index contributed by atoms with van der Waals surface area (Å²) in [4.78, 5) is 8.98. The highest BCUT2D eigenvalue weighted by Crippen LogP contribution is 2.38. The Bertz CT molecular complexity index is 1580. The fourth-order valence-corrected chi connectivity index (χ4v) is 6.30. The molecule has 0 bridgehead atoms. The number of piperazine rings is 1. The number of oxazole rings is 1. The fraction of sp³-hybridized carbons (Fsp3) is 0.323. The van der Waals surface area contributed by atoms with Crippen LogP contribution in [0.4, 0.5) is 5.88 Å². The van der Waals surface area contributed by atoms with Gasteiger partial charge in [0.05, 0.1) is 11.5 Å². The molecular weight excluding hydrogens is 542 g/mol. The third-order valence-electron chi connectivity index (χ3n) is 7.14. The molecule has 41 heavy (non-hydrogen) atoms. The smallest absolute Gasteiger partial charge is 0.236 e. The van der Waals surface area contributed by atoms with E-state index in [1.807, 2.05) is 54.3 Å². The average molecular weight is 576 g/mol. The van der Waals surface area contributed by atoms with E-state index in [0.29, 0.717) is 50.0 Å². The quantitative estimate of drug-likeness (QED) is 0.272. The van der Waals surface area contributed by atoms with Crippen LogP contribution in [-0.2, 0) is 16.4 Å². The second-order valence-electron chi connectivity index (χ2n) is 10.1. The lowest BCUT2D eigenvalue weighted by atomic mass is 10.2. The average Bonchev–Trinajstić information content (AvgIpc) is 3.47. The third kappa shape index (κ3) is 5.89. The summed E-state index contributed by atoms with van der Waals surface area (Å²) >= 11 is 0. The first-order valence-corrected chi connectivity index (χ1v) is 15.4. The number of rotatable bonds is 9. The number of anilines is 1. The highest BCUT2D eigenvalue weighted by Gasteiger charge is 2.33. The number of hydrogen-bond donors (Lipinski definition) is 0. The number of nitrogens with zero attached hydrogens (tertiary/aromatic N) is 3. The summed E-state index contributed by atoms with van der Waals surface area (Å²) in [6.07, 6.45) is 0.907. The van der Waals surface area contributed by atoms with E-state index in [9.17, 15) is 8.42 Å². The zero-order valence-corrected chi connectivity index (χ0v) is 23.8. The standard InChI is InChI=1S/C31H33N3O6S/c1-2-18-37-25-10-8-24(9-11-25)29-32-30(41(35,36)26-12-13-27-28(21-26)39-20-19-38-27)31(40-29)34-16-14-33(15-17-34)22-23-6-4-3-5-7-23/h3-13,21H,2,14-20,22H2,1H3. The molecule has 0 spiro atoms. The van der Waals surface area contributed by atoms with Crippen molar-refractivity contribution in [2.45, 2.75) is 29.8 Å². The first kappa shape index (κ1) is 27.2. The molecule has 0 radical (unpaired) electrons. The first-order valence-electron chi connectivity index (χ1n) is 13.9. The zero-order valence-electron chi connectivity index (χ0n) is 23.0. The van der Waals surface area contributed by atoms with Crippen LogP contribution in [0.15, 0.2) is 87.1 Å². The lowest BCUT2D eigenvalue weighted by Crippen LogP contribution is -2.46. The van der Waals surface area contributed by atoms with Gasteiger partial charge < -0.3 is 23.5 Å². The van der Waals surface area contributed by atoms with Gasteiger partial charge in [-0.05, 0) is 48.4 Å². The number of benzene rings is 3. The molecule has 2 aliphatic rings. The van der Waals surface area contributed by atoms with Gasteiger partial charge in [-0.1, -0.05) is 37.3 Å². The van der Waals surface area contributed by atoms with Gasteiger partial charge in [0.2, 0.25) is 26.6 Å². The van der Waals surface area contributed by atoms with Crippen LogP contribution >= 0.6 is 0 Å². The molecule has 1 fully saturated rings. The van der Waals surface area contributed by atoms with E-state index in [-0.39, 0.29) is 21.7 Å². The van der Waals surface area contributed by atoms with Crippen molar-refractivity contribution < 1.29 is 27.0 Å². The molecule has 1 saturated heterocycles. The Kier molecular flexibility index (Phi) is 7.84. The predicted molar refractivity (Wildman–Crippen MR) is 155 cm³/mol. The van der Waals surface area contributed by atoms with Crippen molar-refractivity contribution in [3.8, 4) is 28.7 Å². The molecule has 214 valence electrons. The summed E-state index contributed by atoms with van der Waals surface area (Å²) in [6, 6.07) is 22.3. The first-order chi connectivity index (χ1) is 20.0. The molecule has 0 atom stereocenters. The number of ether oxygens (including phenoxy) is 3. The summed E-state index contributed by atoms with van der Waals surface area (Å²) in [7, 11) is -4.04. The van der Waals surface area contributed by atoms with E-state index < -0.39 is 9.84 Å². The van der Waals surface area contributed by atoms with Gasteiger partial charge in [0, 0.05) is 44.4 Å². The van der Waals surface area contributed by atoms with Gasteiger partial charge in [-0.2, -0.15) is 4.98 Å². The van der Waals surface area contributed by atoms with Crippen LogP contribution in [0.2, 0.25) is 0 Å². The van der Waals surface area contributed by atoms with Crippen molar-refractivity contribution in [2.75, 3.05) is 50.9 Å². The monoisotopic (exact) mass is 575 g/mol. The largest absolute Gasteiger partial charge is 0.494 e. The maximum Gasteiger partial charge on any atom is 0.236 e. The number of aromatic nitrogens is 1. The molecular formula is C31H33N3O6S. The molecule has 0 aliphatic carbocycles. The van der Waals surface area contributed by atoms with Crippen molar-refractivity contribution in [3.63, 3.8) is 0 Å². The lowest BCUT2D eigenvalue weighted by molar-refractivity contribution is 0.171. The lowest BCUT2D eigenvalue weighted by Gasteiger charge is -2.34. The number of hydrogen-bond acceptors (Lipinski definition) is 9. The van der Waals surface area contributed by atoms with Gasteiger partial charge in [0.1, 0.15) is 19.0 Å². The van der Waals surface area contributed by atoms with Crippen LogP contribution in [0, 0.1) is 0 Å². The minimum Gasteiger partial charge on any atom is -0.494 e. The highest BCUT2D eigenvalue weighted by molar-refractivity contribution is 7.91. The Morgan fingerprint density at radius 1 is 0.878 bits per heavy atom. The predicted octanol–water partition coefficient (Wildman–Crippen LogP) is 5.06. The van der Waals surface area contributed by atoms with Gasteiger partial charge in [-0.15, -0.1) is 0 Å². The molecule has 4 aromatic rings. The Hall–Kier alpha value is -4.02. The van der Waals surface area contributed by atoms with Crippen molar-refractivity contribution in [1.29, 1.82) is 0 Å². The highest BCUT2D eigenvalue weighted by atomic mass is 32.2. The van der Waals surface area contributed by atoms with Crippen LogP contribution in [0.25, 0.3) is 11.5 Å². The van der Waals surface area contributed by atoms with Crippen molar-refractivity contribution in [3.05, 3.63) is 78.4 Å². The second-order valence-corrected chi connectivity index (χ2v) is 11.9. The van der Waals surface area contributed by atoms with E-state index in [4.69, 9.17) is 18.6 Å². The minimum atomic E-state index is -4.04. The minimum absolute atomic E-state index is 0.0777. The van der Waals surface area contributed by atoms with Crippen molar-refractivity contribution in [1.82, 2.24) is 9.88 Å². The Labute approximate surface area is 240 Å². The molecule has 6 rings (SSSR count). The Balaban J connectivity index is 1.31. The van der Waals surface area contributed by atoms with Gasteiger partial charge in [-0.25, -0.2) is 8.42 Å². The molecule has 9 nitrogen and oxygen atoms in total. The molecule has 3 aromatic carbocycles. The van der Waals surface area contributed by atoms with Crippen molar-refractivity contribution in [2.24, 2.45) is 0 Å². The molecule has 0 N–H and O–H groups in total. The normalized spacial score (nSPS) is 15.6. The number of sulfone groups is 1. The summed E-state index contributed by atoms with van der Waals surface area (Å²) in [6.45, 7) is 7.03. The molecule has 2 aliphatic heterocycles. The van der Waals surface area contributed by atoms with Crippen molar-refractivity contribution >= 4 is 15.7 Å². The molecule has 0 saturated carbocycles. The summed E-state index contributed by atoms with van der Waals surface area (Å²) in [5.41, 5.74) is 1.91. The molecule has 1 aromatic heterocycles. The van der Waals surface area contributed by atoms with Crippen LogP contribution < -0.4 is 19.1 Å². The van der Waals surface area contributed by atoms with Gasteiger partial charge >= 0.3 is 0 Å². The van der Waals surface area contributed by atoms with Crippen LogP contribution in [0.3, 0.4) is 0 Å². The van der Waals surface area contributed by atoms with Crippen LogP contribution in [0.5, 0.6) is 17.2 Å². The van der Waals surface area contributed by atoms with E-state index in [1.165, 1.54) is 17.7 Å². The summed E-state index contributed by atoms with van der Waals surface area (Å²) in [5.74, 6) is 2.16. The topological polar surface area (TPSA) is 94.3 Å². The summed E-state index contributed by atoms with van der Waals surface area (Å²) in [5, 5.41) is -0.105. The fourth-order valence-electron chi connectivity index (χ4n) is 4.96. The molecule has 0 amide bonds. The molecule has 3 heterocycles. The van der Waals surface area contributed by atoms with Crippen LogP contribution in [0.1, 0.15) is 18.9 Å². The van der Waals surface area contributed by atoms with Gasteiger partial charge in [0.15, 0.2) is 11.5 Å². The Morgan fingerprint density at radius 3 is 2.34 bits per heavy atom. The van der Waals surface area contributed by atoms with Gasteiger partial charge in [-0.3, -0.25) is 4.90 Å². The van der Waals surface area contributed by atoms with E-state index in [0.717, 1.165) is 31.8 Å². The van der Waals surface area contributed by atoms with E-state index in [2.05, 4.69) is 22.0 Å².